The van der Waals surface area contributed by atoms with Crippen LogP contribution in [0.2, 0.25) is 5.02 Å². The molecule has 2 fully saturated rings. The number of hydrogen-bond donors (Lipinski definition) is 3. The van der Waals surface area contributed by atoms with Crippen LogP contribution < -0.4 is 16.0 Å². The standard InChI is InChI=1S/C27H40ClN5O2/c1-19(17-34-3)32-20-4-6-21(7-5-20)33-26-15-23(24(28)16-30-26)25-14-22(8-11-29-25)31-18-27(2)9-12-35-13-10-27/h8,11,14-16,19-21,32H,4-7,9-10,12-13,17-18H2,1-3H3,(H,29,31)(H,30,33). The van der Waals surface area contributed by atoms with E-state index in [1.54, 1.807) is 13.3 Å². The van der Waals surface area contributed by atoms with Gasteiger partial charge in [-0.05, 0) is 69.1 Å². The number of ether oxygens (including phenoxy) is 2. The molecule has 7 nitrogen and oxygen atoms in total. The third kappa shape index (κ3) is 7.53. The summed E-state index contributed by atoms with van der Waals surface area (Å²) < 4.78 is 10.8. The molecule has 0 bridgehead atoms. The van der Waals surface area contributed by atoms with Crippen molar-refractivity contribution in [3.63, 3.8) is 0 Å². The molecule has 2 aromatic rings. The predicted octanol–water partition coefficient (Wildman–Crippen LogP) is 5.37. The summed E-state index contributed by atoms with van der Waals surface area (Å²) in [7, 11) is 1.75. The number of anilines is 2. The van der Waals surface area contributed by atoms with E-state index in [9.17, 15) is 0 Å². The first-order valence-electron chi connectivity index (χ1n) is 12.9. The van der Waals surface area contributed by atoms with E-state index in [0.29, 0.717) is 23.1 Å². The quantitative estimate of drug-likeness (QED) is 0.403. The van der Waals surface area contributed by atoms with E-state index in [4.69, 9.17) is 21.1 Å². The Hall–Kier alpha value is -1.93. The van der Waals surface area contributed by atoms with Crippen molar-refractivity contribution >= 4 is 23.1 Å². The molecule has 0 radical (unpaired) electrons. The van der Waals surface area contributed by atoms with Crippen molar-refractivity contribution < 1.29 is 9.47 Å². The Morgan fingerprint density at radius 1 is 1.14 bits per heavy atom. The molecule has 1 aliphatic heterocycles. The SMILES string of the molecule is COCC(C)NC1CCC(Nc2cc(-c3cc(NCC4(C)CCOCC4)ccn3)c(Cl)cn2)CC1. The number of hydrogen-bond acceptors (Lipinski definition) is 7. The fraction of sp³-hybridized carbons (Fsp3) is 0.630. The average Bonchev–Trinajstić information content (AvgIpc) is 2.86. The first-order valence-corrected chi connectivity index (χ1v) is 13.3. The highest BCUT2D eigenvalue weighted by molar-refractivity contribution is 6.33. The summed E-state index contributed by atoms with van der Waals surface area (Å²) >= 11 is 6.56. The fourth-order valence-corrected chi connectivity index (χ4v) is 5.27. The van der Waals surface area contributed by atoms with Gasteiger partial charge in [0, 0.05) is 68.6 Å². The molecule has 8 heteroatoms. The molecule has 0 amide bonds. The molecule has 1 saturated heterocycles. The Kier molecular flexibility index (Phi) is 9.22. The molecule has 1 aliphatic carbocycles. The normalized spacial score (nSPS) is 23.0. The van der Waals surface area contributed by atoms with E-state index in [1.165, 1.54) is 0 Å². The van der Waals surface area contributed by atoms with Crippen LogP contribution in [0, 0.1) is 5.41 Å². The van der Waals surface area contributed by atoms with Crippen molar-refractivity contribution in [2.45, 2.75) is 70.5 Å². The number of nitrogens with zero attached hydrogens (tertiary/aromatic N) is 2. The minimum atomic E-state index is 0.253. The summed E-state index contributed by atoms with van der Waals surface area (Å²) in [6.45, 7) is 7.84. The van der Waals surface area contributed by atoms with E-state index in [2.05, 4.69) is 45.8 Å². The van der Waals surface area contributed by atoms with Crippen LogP contribution >= 0.6 is 11.6 Å². The van der Waals surface area contributed by atoms with Crippen molar-refractivity contribution in [3.05, 3.63) is 35.6 Å². The molecule has 2 aliphatic rings. The molecular formula is C27H40ClN5O2. The highest BCUT2D eigenvalue weighted by atomic mass is 35.5. The van der Waals surface area contributed by atoms with Crippen LogP contribution in [0.15, 0.2) is 30.6 Å². The van der Waals surface area contributed by atoms with Crippen LogP contribution in [0.5, 0.6) is 0 Å². The minimum Gasteiger partial charge on any atom is -0.384 e. The molecule has 192 valence electrons. The highest BCUT2D eigenvalue weighted by Crippen LogP contribution is 2.32. The molecule has 0 aromatic carbocycles. The molecule has 35 heavy (non-hydrogen) atoms. The van der Waals surface area contributed by atoms with Crippen LogP contribution in [0.25, 0.3) is 11.3 Å². The Morgan fingerprint density at radius 2 is 1.89 bits per heavy atom. The summed E-state index contributed by atoms with van der Waals surface area (Å²) in [6.07, 6.45) is 10.2. The molecule has 1 saturated carbocycles. The van der Waals surface area contributed by atoms with Gasteiger partial charge in [-0.25, -0.2) is 4.98 Å². The summed E-state index contributed by atoms with van der Waals surface area (Å²) in [6, 6.07) is 7.46. The van der Waals surface area contributed by atoms with Gasteiger partial charge in [0.2, 0.25) is 0 Å². The lowest BCUT2D eigenvalue weighted by Crippen LogP contribution is -2.42. The number of rotatable bonds is 10. The second-order valence-corrected chi connectivity index (χ2v) is 10.9. The first-order chi connectivity index (χ1) is 16.9. The lowest BCUT2D eigenvalue weighted by Gasteiger charge is -2.34. The maximum atomic E-state index is 6.56. The van der Waals surface area contributed by atoms with Gasteiger partial charge in [0.05, 0.1) is 17.3 Å². The van der Waals surface area contributed by atoms with E-state index in [-0.39, 0.29) is 5.41 Å². The number of methoxy groups -OCH3 is 1. The van der Waals surface area contributed by atoms with E-state index in [1.807, 2.05) is 18.3 Å². The van der Waals surface area contributed by atoms with Gasteiger partial charge < -0.3 is 25.4 Å². The van der Waals surface area contributed by atoms with E-state index in [0.717, 1.165) is 87.7 Å². The van der Waals surface area contributed by atoms with Gasteiger partial charge in [-0.1, -0.05) is 18.5 Å². The zero-order valence-corrected chi connectivity index (χ0v) is 22.0. The Morgan fingerprint density at radius 3 is 2.63 bits per heavy atom. The van der Waals surface area contributed by atoms with E-state index < -0.39 is 0 Å². The van der Waals surface area contributed by atoms with Crippen LogP contribution in [-0.2, 0) is 9.47 Å². The van der Waals surface area contributed by atoms with Crippen LogP contribution in [0.4, 0.5) is 11.5 Å². The molecule has 2 aromatic heterocycles. The van der Waals surface area contributed by atoms with Crippen molar-refractivity contribution in [3.8, 4) is 11.3 Å². The predicted molar refractivity (Wildman–Crippen MR) is 143 cm³/mol. The largest absolute Gasteiger partial charge is 0.384 e. The maximum absolute atomic E-state index is 6.56. The molecule has 4 rings (SSSR count). The number of nitrogens with one attached hydrogen (secondary N) is 3. The van der Waals surface area contributed by atoms with Crippen molar-refractivity contribution in [1.82, 2.24) is 15.3 Å². The van der Waals surface area contributed by atoms with Crippen LogP contribution in [0.3, 0.4) is 0 Å². The van der Waals surface area contributed by atoms with Crippen molar-refractivity contribution in [2.24, 2.45) is 5.41 Å². The van der Waals surface area contributed by atoms with Gasteiger partial charge in [-0.3, -0.25) is 4.98 Å². The first kappa shape index (κ1) is 26.1. The molecule has 0 spiro atoms. The average molecular weight is 502 g/mol. The van der Waals surface area contributed by atoms with Crippen molar-refractivity contribution in [1.29, 1.82) is 0 Å². The van der Waals surface area contributed by atoms with Gasteiger partial charge in [-0.2, -0.15) is 0 Å². The second-order valence-electron chi connectivity index (χ2n) is 10.5. The molecular weight excluding hydrogens is 462 g/mol. The number of aromatic nitrogens is 2. The van der Waals surface area contributed by atoms with Gasteiger partial charge in [0.15, 0.2) is 0 Å². The third-order valence-corrected chi connectivity index (χ3v) is 7.63. The lowest BCUT2D eigenvalue weighted by molar-refractivity contribution is 0.0300. The smallest absolute Gasteiger partial charge is 0.126 e. The topological polar surface area (TPSA) is 80.3 Å². The van der Waals surface area contributed by atoms with E-state index >= 15 is 0 Å². The lowest BCUT2D eigenvalue weighted by atomic mass is 9.82. The molecule has 3 N–H and O–H groups in total. The van der Waals surface area contributed by atoms with Crippen molar-refractivity contribution in [2.75, 3.05) is 44.1 Å². The highest BCUT2D eigenvalue weighted by Gasteiger charge is 2.27. The zero-order valence-electron chi connectivity index (χ0n) is 21.3. The fourth-order valence-electron chi connectivity index (χ4n) is 5.07. The van der Waals surface area contributed by atoms with Gasteiger partial charge in [0.1, 0.15) is 5.82 Å². The molecule has 1 atom stereocenters. The summed E-state index contributed by atoms with van der Waals surface area (Å²) in [5, 5.41) is 11.5. The van der Waals surface area contributed by atoms with Gasteiger partial charge >= 0.3 is 0 Å². The number of pyridine rings is 2. The molecule has 1 unspecified atom stereocenters. The number of halogens is 1. The summed E-state index contributed by atoms with van der Waals surface area (Å²) in [4.78, 5) is 9.15. The maximum Gasteiger partial charge on any atom is 0.126 e. The Labute approximate surface area is 214 Å². The van der Waals surface area contributed by atoms with Gasteiger partial charge in [0.25, 0.3) is 0 Å². The minimum absolute atomic E-state index is 0.253. The summed E-state index contributed by atoms with van der Waals surface area (Å²) in [5.41, 5.74) is 3.05. The third-order valence-electron chi connectivity index (χ3n) is 7.33. The van der Waals surface area contributed by atoms with Crippen LogP contribution in [-0.4, -0.2) is 61.6 Å². The Balaban J connectivity index is 1.36. The van der Waals surface area contributed by atoms with Gasteiger partial charge in [-0.15, -0.1) is 0 Å². The summed E-state index contributed by atoms with van der Waals surface area (Å²) in [5.74, 6) is 0.850. The monoisotopic (exact) mass is 501 g/mol. The Bertz CT molecular complexity index is 945. The molecule has 3 heterocycles. The second kappa shape index (κ2) is 12.3. The zero-order chi connectivity index (χ0) is 24.7. The van der Waals surface area contributed by atoms with Crippen LogP contribution in [0.1, 0.15) is 52.4 Å².